The molecule has 2 N–H and O–H groups in total. The lowest BCUT2D eigenvalue weighted by atomic mass is 10.0. The molecule has 112 valence electrons. The van der Waals surface area contributed by atoms with E-state index in [4.69, 9.17) is 4.55 Å². The molecule has 0 unspecified atom stereocenters. The molecule has 3 heterocycles. The third kappa shape index (κ3) is 2.21. The summed E-state index contributed by atoms with van der Waals surface area (Å²) in [5, 5.41) is 6.39. The summed E-state index contributed by atoms with van der Waals surface area (Å²) >= 11 is 0. The molecule has 0 saturated carbocycles. The lowest BCUT2D eigenvalue weighted by molar-refractivity contribution is -0.149. The lowest BCUT2D eigenvalue weighted by Gasteiger charge is -2.42. The van der Waals surface area contributed by atoms with Crippen LogP contribution in [0.5, 0.6) is 0 Å². The fourth-order valence-corrected chi connectivity index (χ4v) is 3.58. The Morgan fingerprint density at radius 3 is 2.90 bits per heavy atom. The first-order valence-electron chi connectivity index (χ1n) is 6.18. The minimum atomic E-state index is -4.55. The minimum absolute atomic E-state index is 0.263. The number of β-lactam (4-membered cyclic amide) rings is 1. The Hall–Kier alpha value is -2.20. The highest BCUT2D eigenvalue weighted by Gasteiger charge is 2.59. The van der Waals surface area contributed by atoms with Gasteiger partial charge in [-0.1, -0.05) is 0 Å². The molecule has 0 aliphatic carbocycles. The second kappa shape index (κ2) is 4.67. The van der Waals surface area contributed by atoms with Gasteiger partial charge in [-0.05, 0) is 18.6 Å². The number of H-pyrrole nitrogens is 1. The summed E-state index contributed by atoms with van der Waals surface area (Å²) in [6, 6.07) is 0.188. The van der Waals surface area contributed by atoms with E-state index in [9.17, 15) is 18.0 Å². The SMILES string of the molecule is O=C(C=Cc1ccn[nH]1)N1CC[C@@H]2[C@H]1C(=O)N2S(=O)(=O)O. The predicted octanol–water partition coefficient (Wildman–Crippen LogP) is -0.963. The number of carbonyl (C=O) groups excluding carboxylic acids is 2. The van der Waals surface area contributed by atoms with Gasteiger partial charge in [0.15, 0.2) is 0 Å². The average Bonchev–Trinajstić information content (AvgIpc) is 3.00. The molecule has 0 spiro atoms. The Labute approximate surface area is 120 Å². The van der Waals surface area contributed by atoms with Crippen molar-refractivity contribution in [3.8, 4) is 0 Å². The van der Waals surface area contributed by atoms with Gasteiger partial charge in [-0.2, -0.15) is 13.5 Å². The van der Waals surface area contributed by atoms with Crippen molar-refractivity contribution in [2.75, 3.05) is 6.54 Å². The maximum Gasteiger partial charge on any atom is 0.362 e. The van der Waals surface area contributed by atoms with Gasteiger partial charge < -0.3 is 4.90 Å². The Bertz CT molecular complexity index is 711. The van der Waals surface area contributed by atoms with E-state index < -0.39 is 28.3 Å². The average molecular weight is 312 g/mol. The van der Waals surface area contributed by atoms with Gasteiger partial charge in [-0.3, -0.25) is 19.2 Å². The maximum atomic E-state index is 12.1. The van der Waals surface area contributed by atoms with E-state index in [0.29, 0.717) is 16.4 Å². The standard InChI is InChI=1S/C11H12N4O5S/c16-9(2-1-7-3-5-12-13-7)14-6-4-8-10(14)11(17)15(8)21(18,19)20/h1-3,5,8,10H,4,6H2,(H,12,13)(H,18,19,20)/t8-,10+/m1/s1. The van der Waals surface area contributed by atoms with E-state index in [1.807, 2.05) is 0 Å². The van der Waals surface area contributed by atoms with Crippen LogP contribution in [0.1, 0.15) is 12.1 Å². The van der Waals surface area contributed by atoms with Crippen LogP contribution in [0.2, 0.25) is 0 Å². The fraction of sp³-hybridized carbons (Fsp3) is 0.364. The molecule has 10 heteroatoms. The number of nitrogens with one attached hydrogen (secondary N) is 1. The van der Waals surface area contributed by atoms with Gasteiger partial charge in [-0.25, -0.2) is 4.31 Å². The van der Waals surface area contributed by atoms with Gasteiger partial charge >= 0.3 is 10.3 Å². The number of aromatic nitrogens is 2. The van der Waals surface area contributed by atoms with Crippen molar-refractivity contribution >= 4 is 28.2 Å². The fourth-order valence-electron chi connectivity index (χ4n) is 2.68. The number of hydrogen-bond acceptors (Lipinski definition) is 5. The number of amides is 2. The van der Waals surface area contributed by atoms with Crippen molar-refractivity contribution in [2.24, 2.45) is 0 Å². The summed E-state index contributed by atoms with van der Waals surface area (Å²) in [4.78, 5) is 25.2. The highest BCUT2D eigenvalue weighted by atomic mass is 32.2. The van der Waals surface area contributed by atoms with Crippen molar-refractivity contribution in [1.29, 1.82) is 0 Å². The molecule has 1 aromatic heterocycles. The molecule has 2 aliphatic rings. The van der Waals surface area contributed by atoms with Gasteiger partial charge in [0.05, 0.1) is 11.7 Å². The van der Waals surface area contributed by atoms with Crippen molar-refractivity contribution in [3.63, 3.8) is 0 Å². The van der Waals surface area contributed by atoms with E-state index in [-0.39, 0.29) is 12.5 Å². The van der Waals surface area contributed by atoms with Crippen LogP contribution in [0.4, 0.5) is 0 Å². The Balaban J connectivity index is 1.72. The number of carbonyl (C=O) groups is 2. The molecule has 2 fully saturated rings. The Morgan fingerprint density at radius 1 is 1.52 bits per heavy atom. The second-order valence-electron chi connectivity index (χ2n) is 4.79. The summed E-state index contributed by atoms with van der Waals surface area (Å²) in [5.41, 5.74) is 0.638. The van der Waals surface area contributed by atoms with Crippen LogP contribution in [-0.4, -0.2) is 62.8 Å². The number of aromatic amines is 1. The molecule has 21 heavy (non-hydrogen) atoms. The molecular formula is C11H12N4O5S. The van der Waals surface area contributed by atoms with E-state index in [1.165, 1.54) is 23.2 Å². The molecule has 3 rings (SSSR count). The number of rotatable bonds is 3. The van der Waals surface area contributed by atoms with Crippen LogP contribution < -0.4 is 0 Å². The first-order valence-corrected chi connectivity index (χ1v) is 7.58. The second-order valence-corrected chi connectivity index (χ2v) is 6.08. The zero-order valence-electron chi connectivity index (χ0n) is 10.7. The van der Waals surface area contributed by atoms with Crippen LogP contribution in [0, 0.1) is 0 Å². The zero-order valence-corrected chi connectivity index (χ0v) is 11.5. The van der Waals surface area contributed by atoms with E-state index in [0.717, 1.165) is 0 Å². The van der Waals surface area contributed by atoms with E-state index in [1.54, 1.807) is 6.07 Å². The molecule has 2 amide bonds. The van der Waals surface area contributed by atoms with Gasteiger partial charge in [0.25, 0.3) is 5.91 Å². The van der Waals surface area contributed by atoms with Crippen LogP contribution in [0.3, 0.4) is 0 Å². The van der Waals surface area contributed by atoms with E-state index in [2.05, 4.69) is 10.2 Å². The predicted molar refractivity (Wildman–Crippen MR) is 69.9 cm³/mol. The molecule has 0 radical (unpaired) electrons. The summed E-state index contributed by atoms with van der Waals surface area (Å²) < 4.78 is 31.5. The molecule has 0 bridgehead atoms. The Kier molecular flexibility index (Phi) is 3.06. The lowest BCUT2D eigenvalue weighted by Crippen LogP contribution is -2.68. The third-order valence-electron chi connectivity index (χ3n) is 3.60. The van der Waals surface area contributed by atoms with Gasteiger partial charge in [0, 0.05) is 18.8 Å². The van der Waals surface area contributed by atoms with Crippen LogP contribution in [0.15, 0.2) is 18.3 Å². The number of hydrogen-bond donors (Lipinski definition) is 2. The van der Waals surface area contributed by atoms with Crippen LogP contribution in [0.25, 0.3) is 6.08 Å². The molecule has 1 aromatic rings. The normalized spacial score (nSPS) is 25.3. The summed E-state index contributed by atoms with van der Waals surface area (Å²) in [7, 11) is -4.55. The topological polar surface area (TPSA) is 124 Å². The summed E-state index contributed by atoms with van der Waals surface area (Å²) in [6.45, 7) is 0.263. The van der Waals surface area contributed by atoms with Crippen molar-refractivity contribution in [3.05, 3.63) is 24.0 Å². The highest BCUT2D eigenvalue weighted by Crippen LogP contribution is 2.35. The third-order valence-corrected chi connectivity index (χ3v) is 4.54. The maximum absolute atomic E-state index is 12.1. The van der Waals surface area contributed by atoms with Crippen LogP contribution >= 0.6 is 0 Å². The smallest absolute Gasteiger partial charge is 0.325 e. The Morgan fingerprint density at radius 2 is 2.29 bits per heavy atom. The van der Waals surface area contributed by atoms with Crippen LogP contribution in [-0.2, 0) is 19.9 Å². The molecule has 2 atom stereocenters. The number of likely N-dealkylation sites (tertiary alicyclic amines) is 1. The first-order chi connectivity index (χ1) is 9.89. The number of nitrogens with zero attached hydrogens (tertiary/aromatic N) is 3. The molecular weight excluding hydrogens is 300 g/mol. The molecule has 9 nitrogen and oxygen atoms in total. The van der Waals surface area contributed by atoms with Gasteiger partial charge in [-0.15, -0.1) is 0 Å². The number of fused-ring (bicyclic) bond motifs is 1. The largest absolute Gasteiger partial charge is 0.362 e. The molecule has 2 aliphatic heterocycles. The zero-order chi connectivity index (χ0) is 15.2. The highest BCUT2D eigenvalue weighted by molar-refractivity contribution is 7.84. The quantitative estimate of drug-likeness (QED) is 0.421. The van der Waals surface area contributed by atoms with Crippen molar-refractivity contribution in [1.82, 2.24) is 19.4 Å². The van der Waals surface area contributed by atoms with Gasteiger partial charge in [0.1, 0.15) is 6.04 Å². The first kappa shape index (κ1) is 13.8. The molecule has 0 aromatic carbocycles. The minimum Gasteiger partial charge on any atom is -0.325 e. The van der Waals surface area contributed by atoms with Crippen molar-refractivity contribution < 1.29 is 22.6 Å². The van der Waals surface area contributed by atoms with E-state index >= 15 is 0 Å². The molecule has 2 saturated heterocycles. The summed E-state index contributed by atoms with van der Waals surface area (Å²) in [6.07, 6.45) is 4.67. The summed E-state index contributed by atoms with van der Waals surface area (Å²) in [5.74, 6) is -1.16. The van der Waals surface area contributed by atoms with Crippen molar-refractivity contribution in [2.45, 2.75) is 18.5 Å². The monoisotopic (exact) mass is 312 g/mol. The van der Waals surface area contributed by atoms with Gasteiger partial charge in [0.2, 0.25) is 5.91 Å².